The number of benzene rings is 1. The second kappa shape index (κ2) is 7.16. The van der Waals surface area contributed by atoms with Crippen molar-refractivity contribution in [3.8, 4) is 0 Å². The second-order valence-electron chi connectivity index (χ2n) is 5.11. The van der Waals surface area contributed by atoms with E-state index in [0.717, 1.165) is 19.3 Å². The molecule has 1 aliphatic carbocycles. The number of hydrogen-bond acceptors (Lipinski definition) is 2. The van der Waals surface area contributed by atoms with Crippen LogP contribution < -0.4 is 16.4 Å². The summed E-state index contributed by atoms with van der Waals surface area (Å²) in [5.74, 6) is 0.351. The van der Waals surface area contributed by atoms with Crippen LogP contribution in [0.15, 0.2) is 18.2 Å². The van der Waals surface area contributed by atoms with E-state index < -0.39 is 0 Å². The van der Waals surface area contributed by atoms with Crippen molar-refractivity contribution in [2.45, 2.75) is 31.7 Å². The summed E-state index contributed by atoms with van der Waals surface area (Å²) in [5, 5.41) is 6.71. The molecule has 4 N–H and O–H groups in total. The minimum atomic E-state index is -0.264. The van der Waals surface area contributed by atoms with E-state index in [0.29, 0.717) is 28.2 Å². The van der Waals surface area contributed by atoms with Crippen molar-refractivity contribution in [3.05, 3.63) is 28.2 Å². The van der Waals surface area contributed by atoms with Gasteiger partial charge in [-0.2, -0.15) is 0 Å². The van der Waals surface area contributed by atoms with Gasteiger partial charge < -0.3 is 16.4 Å². The lowest BCUT2D eigenvalue weighted by Gasteiger charge is -2.31. The molecule has 2 unspecified atom stereocenters. The molecule has 0 bridgehead atoms. The molecular weight excluding hydrogens is 297 g/mol. The number of hydrogen-bond donors (Lipinski definition) is 3. The van der Waals surface area contributed by atoms with Crippen LogP contribution in [0.2, 0.25) is 10.0 Å². The topological polar surface area (TPSA) is 67.1 Å². The zero-order chi connectivity index (χ0) is 14.5. The van der Waals surface area contributed by atoms with Crippen LogP contribution in [0.25, 0.3) is 0 Å². The van der Waals surface area contributed by atoms with Crippen LogP contribution in [0, 0.1) is 5.92 Å². The first kappa shape index (κ1) is 15.4. The van der Waals surface area contributed by atoms with Crippen molar-refractivity contribution in [3.63, 3.8) is 0 Å². The third-order valence-corrected chi connectivity index (χ3v) is 4.27. The Hall–Kier alpha value is -0.970. The SMILES string of the molecule is NCC1CCCCC1NC(=O)Nc1cc(Cl)ccc1Cl. The molecule has 0 spiro atoms. The molecule has 6 heteroatoms. The van der Waals surface area contributed by atoms with Gasteiger partial charge in [0.25, 0.3) is 0 Å². The van der Waals surface area contributed by atoms with Crippen molar-refractivity contribution >= 4 is 34.9 Å². The number of urea groups is 1. The molecule has 2 rings (SSSR count). The molecule has 1 saturated carbocycles. The summed E-state index contributed by atoms with van der Waals surface area (Å²) < 4.78 is 0. The molecule has 0 aliphatic heterocycles. The van der Waals surface area contributed by atoms with E-state index in [4.69, 9.17) is 28.9 Å². The van der Waals surface area contributed by atoms with Gasteiger partial charge in [0.15, 0.2) is 0 Å². The molecule has 1 aliphatic rings. The molecular formula is C14H19Cl2N3O. The largest absolute Gasteiger partial charge is 0.335 e. The normalized spacial score (nSPS) is 22.4. The van der Waals surface area contributed by atoms with Crippen LogP contribution in [0.3, 0.4) is 0 Å². The maximum absolute atomic E-state index is 12.0. The lowest BCUT2D eigenvalue weighted by molar-refractivity contribution is 0.229. The van der Waals surface area contributed by atoms with Crippen LogP contribution in [0.5, 0.6) is 0 Å². The van der Waals surface area contributed by atoms with Gasteiger partial charge in [0.1, 0.15) is 0 Å². The fraction of sp³-hybridized carbons (Fsp3) is 0.500. The first-order valence-electron chi connectivity index (χ1n) is 6.83. The van der Waals surface area contributed by atoms with E-state index in [1.165, 1.54) is 6.42 Å². The van der Waals surface area contributed by atoms with Crippen molar-refractivity contribution < 1.29 is 4.79 Å². The Balaban J connectivity index is 1.96. The van der Waals surface area contributed by atoms with Gasteiger partial charge in [-0.15, -0.1) is 0 Å². The van der Waals surface area contributed by atoms with Gasteiger partial charge >= 0.3 is 6.03 Å². The standard InChI is InChI=1S/C14H19Cl2N3O/c15-10-5-6-11(16)13(7-10)19-14(20)18-12-4-2-1-3-9(12)8-17/h5-7,9,12H,1-4,8,17H2,(H2,18,19,20). The maximum Gasteiger partial charge on any atom is 0.319 e. The number of carbonyl (C=O) groups is 1. The van der Waals surface area contributed by atoms with Crippen molar-refractivity contribution in [1.29, 1.82) is 0 Å². The molecule has 1 aromatic carbocycles. The molecule has 20 heavy (non-hydrogen) atoms. The zero-order valence-electron chi connectivity index (χ0n) is 11.2. The number of amides is 2. The molecule has 1 fully saturated rings. The molecule has 2 atom stereocenters. The second-order valence-corrected chi connectivity index (χ2v) is 5.95. The van der Waals surface area contributed by atoms with Gasteiger partial charge in [0.2, 0.25) is 0 Å². The average Bonchev–Trinajstić information content (AvgIpc) is 2.43. The Bertz CT molecular complexity index is 481. The monoisotopic (exact) mass is 315 g/mol. The minimum absolute atomic E-state index is 0.131. The summed E-state index contributed by atoms with van der Waals surface area (Å²) >= 11 is 11.9. The average molecular weight is 316 g/mol. The lowest BCUT2D eigenvalue weighted by Crippen LogP contribution is -2.46. The highest BCUT2D eigenvalue weighted by molar-refractivity contribution is 6.35. The highest BCUT2D eigenvalue weighted by atomic mass is 35.5. The fourth-order valence-electron chi connectivity index (χ4n) is 2.60. The quantitative estimate of drug-likeness (QED) is 0.797. The third kappa shape index (κ3) is 4.01. The van der Waals surface area contributed by atoms with E-state index >= 15 is 0 Å². The van der Waals surface area contributed by atoms with E-state index in [1.54, 1.807) is 18.2 Å². The van der Waals surface area contributed by atoms with Gasteiger partial charge in [0.05, 0.1) is 10.7 Å². The Morgan fingerprint density at radius 1 is 1.30 bits per heavy atom. The molecule has 1 aromatic rings. The highest BCUT2D eigenvalue weighted by Gasteiger charge is 2.25. The lowest BCUT2D eigenvalue weighted by atomic mass is 9.84. The third-order valence-electron chi connectivity index (χ3n) is 3.70. The number of nitrogens with two attached hydrogens (primary N) is 1. The number of nitrogens with one attached hydrogen (secondary N) is 2. The summed E-state index contributed by atoms with van der Waals surface area (Å²) in [7, 11) is 0. The smallest absolute Gasteiger partial charge is 0.319 e. The summed E-state index contributed by atoms with van der Waals surface area (Å²) in [6.07, 6.45) is 4.35. The molecule has 0 aromatic heterocycles. The van der Waals surface area contributed by atoms with Crippen LogP contribution in [-0.2, 0) is 0 Å². The fourth-order valence-corrected chi connectivity index (χ4v) is 2.94. The minimum Gasteiger partial charge on any atom is -0.335 e. The van der Waals surface area contributed by atoms with Crippen LogP contribution in [0.1, 0.15) is 25.7 Å². The molecule has 2 amide bonds. The highest BCUT2D eigenvalue weighted by Crippen LogP contribution is 2.26. The van der Waals surface area contributed by atoms with Crippen molar-refractivity contribution in [1.82, 2.24) is 5.32 Å². The Kier molecular flexibility index (Phi) is 5.52. The Labute approximate surface area is 129 Å². The first-order chi connectivity index (χ1) is 9.60. The Morgan fingerprint density at radius 2 is 2.05 bits per heavy atom. The van der Waals surface area contributed by atoms with Crippen molar-refractivity contribution in [2.75, 3.05) is 11.9 Å². The predicted octanol–water partition coefficient (Wildman–Crippen LogP) is 3.63. The first-order valence-corrected chi connectivity index (χ1v) is 7.58. The summed E-state index contributed by atoms with van der Waals surface area (Å²) in [6, 6.07) is 4.83. The number of anilines is 1. The predicted molar refractivity (Wildman–Crippen MR) is 83.4 cm³/mol. The zero-order valence-corrected chi connectivity index (χ0v) is 12.7. The van der Waals surface area contributed by atoms with Gasteiger partial charge in [-0.1, -0.05) is 36.0 Å². The number of carbonyl (C=O) groups excluding carboxylic acids is 1. The maximum atomic E-state index is 12.0. The number of rotatable bonds is 3. The van der Waals surface area contributed by atoms with E-state index in [9.17, 15) is 4.79 Å². The molecule has 0 saturated heterocycles. The van der Waals surface area contributed by atoms with Gasteiger partial charge in [-0.25, -0.2) is 4.79 Å². The van der Waals surface area contributed by atoms with Crippen LogP contribution in [-0.4, -0.2) is 18.6 Å². The number of halogens is 2. The summed E-state index contributed by atoms with van der Waals surface area (Å²) in [6.45, 7) is 0.600. The summed E-state index contributed by atoms with van der Waals surface area (Å²) in [5.41, 5.74) is 6.27. The van der Waals surface area contributed by atoms with Crippen molar-refractivity contribution in [2.24, 2.45) is 11.7 Å². The van der Waals surface area contributed by atoms with E-state index in [1.807, 2.05) is 0 Å². The molecule has 0 radical (unpaired) electrons. The molecule has 110 valence electrons. The van der Waals surface area contributed by atoms with Gasteiger partial charge in [-0.05, 0) is 43.5 Å². The van der Waals surface area contributed by atoms with E-state index in [-0.39, 0.29) is 12.1 Å². The van der Waals surface area contributed by atoms with Gasteiger partial charge in [-0.3, -0.25) is 0 Å². The summed E-state index contributed by atoms with van der Waals surface area (Å²) in [4.78, 5) is 12.0. The van der Waals surface area contributed by atoms with Crippen LogP contribution in [0.4, 0.5) is 10.5 Å². The molecule has 0 heterocycles. The molecule has 4 nitrogen and oxygen atoms in total. The van der Waals surface area contributed by atoms with Gasteiger partial charge in [0, 0.05) is 11.1 Å². The van der Waals surface area contributed by atoms with E-state index in [2.05, 4.69) is 10.6 Å². The van der Waals surface area contributed by atoms with Crippen LogP contribution >= 0.6 is 23.2 Å². The Morgan fingerprint density at radius 3 is 2.80 bits per heavy atom.